The molecule has 0 saturated heterocycles. The molecular formula is C20H20O4S. The van der Waals surface area contributed by atoms with Gasteiger partial charge in [-0.3, -0.25) is 9.59 Å². The molecule has 0 saturated carbocycles. The highest BCUT2D eigenvalue weighted by Crippen LogP contribution is 2.41. The smallest absolute Gasteiger partial charge is 0.317 e. The van der Waals surface area contributed by atoms with E-state index in [0.717, 1.165) is 16.0 Å². The molecule has 0 unspecified atom stereocenters. The summed E-state index contributed by atoms with van der Waals surface area (Å²) in [5.41, 5.74) is 1.88. The second kappa shape index (κ2) is 7.66. The Kier molecular flexibility index (Phi) is 5.34. The van der Waals surface area contributed by atoms with Crippen LogP contribution in [0.4, 0.5) is 0 Å². The van der Waals surface area contributed by atoms with Crippen molar-refractivity contribution in [2.75, 3.05) is 13.7 Å². The minimum Gasteiger partial charge on any atom is -0.497 e. The number of thiophene rings is 1. The summed E-state index contributed by atoms with van der Waals surface area (Å²) in [4.78, 5) is 26.2. The number of allylic oxidation sites excluding steroid dienone is 2. The number of ether oxygens (including phenoxy) is 2. The first-order valence-electron chi connectivity index (χ1n) is 8.23. The lowest BCUT2D eigenvalue weighted by Gasteiger charge is -2.29. The summed E-state index contributed by atoms with van der Waals surface area (Å²) in [5.74, 6) is -1.01. The minimum atomic E-state index is -0.809. The van der Waals surface area contributed by atoms with E-state index in [2.05, 4.69) is 0 Å². The molecule has 3 rings (SSSR count). The first-order chi connectivity index (χ1) is 12.1. The molecule has 5 heteroatoms. The number of benzene rings is 1. The van der Waals surface area contributed by atoms with Crippen LogP contribution in [0.5, 0.6) is 5.75 Å². The van der Waals surface area contributed by atoms with Crippen LogP contribution in [-0.2, 0) is 14.3 Å². The van der Waals surface area contributed by atoms with E-state index in [1.54, 1.807) is 31.4 Å². The van der Waals surface area contributed by atoms with Gasteiger partial charge in [0.2, 0.25) is 0 Å². The molecule has 2 atom stereocenters. The fraction of sp³-hybridized carbons (Fsp3) is 0.300. The minimum absolute atomic E-state index is 0.194. The number of ketones is 1. The number of esters is 1. The topological polar surface area (TPSA) is 52.6 Å². The van der Waals surface area contributed by atoms with Crippen molar-refractivity contribution in [3.05, 3.63) is 58.3 Å². The fourth-order valence-electron chi connectivity index (χ4n) is 3.20. The number of hydrogen-bond donors (Lipinski definition) is 0. The molecule has 1 aromatic heterocycles. The Morgan fingerprint density at radius 2 is 2.12 bits per heavy atom. The van der Waals surface area contributed by atoms with Gasteiger partial charge in [-0.05, 0) is 54.1 Å². The van der Waals surface area contributed by atoms with Gasteiger partial charge in [0.1, 0.15) is 11.7 Å². The van der Waals surface area contributed by atoms with Gasteiger partial charge in [0.15, 0.2) is 5.78 Å². The van der Waals surface area contributed by atoms with Gasteiger partial charge < -0.3 is 9.47 Å². The van der Waals surface area contributed by atoms with E-state index in [4.69, 9.17) is 9.47 Å². The van der Waals surface area contributed by atoms with Crippen LogP contribution >= 0.6 is 11.3 Å². The molecule has 2 aromatic rings. The average molecular weight is 356 g/mol. The number of carbonyl (C=O) groups is 2. The fourth-order valence-corrected chi connectivity index (χ4v) is 3.96. The van der Waals surface area contributed by atoms with E-state index in [1.165, 1.54) is 0 Å². The maximum Gasteiger partial charge on any atom is 0.317 e. The molecule has 0 radical (unpaired) electrons. The summed E-state index contributed by atoms with van der Waals surface area (Å²) in [5, 5.41) is 1.98. The molecule has 130 valence electrons. The zero-order chi connectivity index (χ0) is 17.8. The van der Waals surface area contributed by atoms with Crippen LogP contribution in [0.25, 0.3) is 5.57 Å². The number of hydrogen-bond acceptors (Lipinski definition) is 5. The van der Waals surface area contributed by atoms with Crippen molar-refractivity contribution in [1.29, 1.82) is 0 Å². The number of carbonyl (C=O) groups excluding carboxylic acids is 2. The van der Waals surface area contributed by atoms with Crippen molar-refractivity contribution in [2.45, 2.75) is 19.3 Å². The summed E-state index contributed by atoms with van der Waals surface area (Å²) in [6.45, 7) is 2.01. The van der Waals surface area contributed by atoms with Gasteiger partial charge in [0.25, 0.3) is 0 Å². The van der Waals surface area contributed by atoms with Crippen LogP contribution in [0.15, 0.2) is 47.9 Å². The molecule has 0 bridgehead atoms. The van der Waals surface area contributed by atoms with Crippen LogP contribution in [0.2, 0.25) is 0 Å². The van der Waals surface area contributed by atoms with Crippen molar-refractivity contribution in [1.82, 2.24) is 0 Å². The first-order valence-corrected chi connectivity index (χ1v) is 9.11. The molecule has 4 nitrogen and oxygen atoms in total. The second-order valence-corrected chi connectivity index (χ2v) is 6.81. The number of rotatable bonds is 5. The zero-order valence-corrected chi connectivity index (χ0v) is 15.0. The molecule has 0 spiro atoms. The van der Waals surface area contributed by atoms with Crippen molar-refractivity contribution in [3.8, 4) is 5.75 Å². The van der Waals surface area contributed by atoms with Crippen molar-refractivity contribution >= 4 is 28.7 Å². The lowest BCUT2D eigenvalue weighted by Crippen LogP contribution is -2.33. The Bertz CT molecular complexity index is 792. The molecule has 25 heavy (non-hydrogen) atoms. The third kappa shape index (κ3) is 3.66. The van der Waals surface area contributed by atoms with E-state index < -0.39 is 11.9 Å². The molecular weight excluding hydrogens is 336 g/mol. The van der Waals surface area contributed by atoms with E-state index in [9.17, 15) is 9.59 Å². The summed E-state index contributed by atoms with van der Waals surface area (Å²) in [6, 6.07) is 11.5. The molecule has 1 aliphatic carbocycles. The molecule has 0 fully saturated rings. The molecule has 1 aromatic carbocycles. The quantitative estimate of drug-likeness (QED) is 0.598. The van der Waals surface area contributed by atoms with Crippen LogP contribution < -0.4 is 4.74 Å². The van der Waals surface area contributed by atoms with Gasteiger partial charge in [-0.2, -0.15) is 0 Å². The summed E-state index contributed by atoms with van der Waals surface area (Å²) < 4.78 is 10.5. The van der Waals surface area contributed by atoms with E-state index >= 15 is 0 Å². The first kappa shape index (κ1) is 17.4. The zero-order valence-electron chi connectivity index (χ0n) is 14.2. The average Bonchev–Trinajstić information content (AvgIpc) is 3.16. The van der Waals surface area contributed by atoms with E-state index in [-0.39, 0.29) is 18.3 Å². The Labute approximate surface area is 151 Å². The van der Waals surface area contributed by atoms with Gasteiger partial charge in [-0.1, -0.05) is 18.2 Å². The maximum atomic E-state index is 12.8. The highest BCUT2D eigenvalue weighted by atomic mass is 32.1. The predicted molar refractivity (Wildman–Crippen MR) is 97.8 cm³/mol. The van der Waals surface area contributed by atoms with Crippen LogP contribution in [0.3, 0.4) is 0 Å². The molecule has 0 N–H and O–H groups in total. The van der Waals surface area contributed by atoms with Gasteiger partial charge in [0, 0.05) is 10.8 Å². The van der Waals surface area contributed by atoms with Gasteiger partial charge in [-0.25, -0.2) is 0 Å². The Balaban J connectivity index is 2.02. The lowest BCUT2D eigenvalue weighted by molar-refractivity contribution is -0.151. The summed E-state index contributed by atoms with van der Waals surface area (Å²) in [6.07, 6.45) is 2.22. The van der Waals surface area contributed by atoms with Crippen LogP contribution in [0, 0.1) is 5.92 Å². The SMILES string of the molecule is CCOC(=O)[C@H]1C(=O)C=C(c2cccs2)C[C@@H]1c1cccc(OC)c1. The molecule has 0 amide bonds. The standard InChI is InChI=1S/C20H20O4S/c1-3-24-20(22)19-16(13-6-4-7-15(10-13)23-2)11-14(12-17(19)21)18-8-5-9-25-18/h4-10,12,16,19H,3,11H2,1-2H3/t16-,19-/m1/s1. The van der Waals surface area contributed by atoms with Gasteiger partial charge >= 0.3 is 5.97 Å². The Morgan fingerprint density at radius 1 is 1.28 bits per heavy atom. The molecule has 1 heterocycles. The highest BCUT2D eigenvalue weighted by Gasteiger charge is 2.40. The summed E-state index contributed by atoms with van der Waals surface area (Å²) >= 11 is 1.59. The van der Waals surface area contributed by atoms with E-state index in [0.29, 0.717) is 12.2 Å². The van der Waals surface area contributed by atoms with Crippen molar-refractivity contribution < 1.29 is 19.1 Å². The van der Waals surface area contributed by atoms with Gasteiger partial charge in [-0.15, -0.1) is 11.3 Å². The molecule has 1 aliphatic rings. The normalized spacial score (nSPS) is 20.1. The molecule has 0 aliphatic heterocycles. The lowest BCUT2D eigenvalue weighted by atomic mass is 9.74. The monoisotopic (exact) mass is 356 g/mol. The predicted octanol–water partition coefficient (Wildman–Crippen LogP) is 4.08. The third-order valence-electron chi connectivity index (χ3n) is 4.37. The third-order valence-corrected chi connectivity index (χ3v) is 5.31. The van der Waals surface area contributed by atoms with Crippen molar-refractivity contribution in [2.24, 2.45) is 5.92 Å². The Hall–Kier alpha value is -2.40. The van der Waals surface area contributed by atoms with Gasteiger partial charge in [0.05, 0.1) is 13.7 Å². The van der Waals surface area contributed by atoms with Crippen LogP contribution in [-0.4, -0.2) is 25.5 Å². The maximum absolute atomic E-state index is 12.8. The Morgan fingerprint density at radius 3 is 2.80 bits per heavy atom. The number of methoxy groups -OCH3 is 1. The largest absolute Gasteiger partial charge is 0.497 e. The highest BCUT2D eigenvalue weighted by molar-refractivity contribution is 7.11. The summed E-state index contributed by atoms with van der Waals surface area (Å²) in [7, 11) is 1.60. The van der Waals surface area contributed by atoms with Crippen molar-refractivity contribution in [3.63, 3.8) is 0 Å². The van der Waals surface area contributed by atoms with Crippen LogP contribution in [0.1, 0.15) is 29.7 Å². The van der Waals surface area contributed by atoms with E-state index in [1.807, 2.05) is 41.8 Å². The second-order valence-electron chi connectivity index (χ2n) is 5.87.